The van der Waals surface area contributed by atoms with Crippen LogP contribution in [0.5, 0.6) is 5.75 Å². The molecule has 1 aliphatic rings. The second kappa shape index (κ2) is 11.1. The standard InChI is InChI=1S/C28H25F3N4O4S/c1-16-23-21(39-34-16)15-40-22-11-7-6-10-19(22)24(23)33-35-13-12-20(36)26(38-14-18-8-4-3-5-9-18)25(35)27(37)32-17(2)28(29,30)31/h3-13,17,24,33H,14-15H2,1-2H3,(H,32,37)/t17-,24?/m1/s1. The number of thioether (sulfide) groups is 1. The topological polar surface area (TPSA) is 98.4 Å². The van der Waals surface area contributed by atoms with E-state index in [2.05, 4.69) is 10.6 Å². The number of aryl methyl sites for hydroxylation is 1. The number of pyridine rings is 1. The first kappa shape index (κ1) is 27.4. The van der Waals surface area contributed by atoms with Gasteiger partial charge in [0.05, 0.1) is 17.5 Å². The Morgan fingerprint density at radius 1 is 1.18 bits per heavy atom. The average Bonchev–Trinajstić information content (AvgIpc) is 3.22. The maximum Gasteiger partial charge on any atom is 0.408 e. The van der Waals surface area contributed by atoms with Gasteiger partial charge >= 0.3 is 6.18 Å². The fraction of sp³-hybridized carbons (Fsp3) is 0.250. The summed E-state index contributed by atoms with van der Waals surface area (Å²) in [6.45, 7) is 2.54. The van der Waals surface area contributed by atoms with Crippen LogP contribution in [0.2, 0.25) is 0 Å². The number of rotatable bonds is 7. The van der Waals surface area contributed by atoms with Gasteiger partial charge in [0.2, 0.25) is 5.43 Å². The van der Waals surface area contributed by atoms with Crippen LogP contribution in [0, 0.1) is 6.92 Å². The molecule has 0 bridgehead atoms. The minimum atomic E-state index is -4.69. The fourth-order valence-electron chi connectivity index (χ4n) is 4.37. The lowest BCUT2D eigenvalue weighted by atomic mass is 9.98. The predicted octanol–water partition coefficient (Wildman–Crippen LogP) is 5.34. The number of hydrogen-bond acceptors (Lipinski definition) is 7. The van der Waals surface area contributed by atoms with Crippen molar-refractivity contribution in [3.8, 4) is 5.75 Å². The van der Waals surface area contributed by atoms with E-state index in [0.717, 1.165) is 22.9 Å². The molecule has 208 valence electrons. The van der Waals surface area contributed by atoms with E-state index >= 15 is 0 Å². The van der Waals surface area contributed by atoms with Crippen LogP contribution in [0.4, 0.5) is 13.2 Å². The molecule has 1 unspecified atom stereocenters. The summed E-state index contributed by atoms with van der Waals surface area (Å²) in [6, 6.07) is 14.9. The molecule has 40 heavy (non-hydrogen) atoms. The number of ether oxygens (including phenoxy) is 1. The van der Waals surface area contributed by atoms with Gasteiger partial charge in [0.1, 0.15) is 12.6 Å². The lowest BCUT2D eigenvalue weighted by molar-refractivity contribution is -0.149. The minimum Gasteiger partial charge on any atom is -0.482 e. The average molecular weight is 571 g/mol. The number of nitrogens with zero attached hydrogens (tertiary/aromatic N) is 2. The molecule has 0 spiro atoms. The van der Waals surface area contributed by atoms with E-state index in [1.807, 2.05) is 35.6 Å². The molecule has 0 radical (unpaired) electrons. The van der Waals surface area contributed by atoms with Crippen LogP contribution >= 0.6 is 11.8 Å². The number of alkyl halides is 3. The normalized spacial score (nSPS) is 15.4. The third-order valence-electron chi connectivity index (χ3n) is 6.46. The lowest BCUT2D eigenvalue weighted by Crippen LogP contribution is -2.45. The van der Waals surface area contributed by atoms with Crippen molar-refractivity contribution < 1.29 is 27.2 Å². The van der Waals surface area contributed by atoms with Gasteiger partial charge in [-0.05, 0) is 31.0 Å². The van der Waals surface area contributed by atoms with E-state index in [1.165, 1.54) is 16.9 Å². The Labute approximate surface area is 231 Å². The Morgan fingerprint density at radius 3 is 2.65 bits per heavy atom. The third-order valence-corrected chi connectivity index (χ3v) is 7.55. The van der Waals surface area contributed by atoms with E-state index in [0.29, 0.717) is 22.8 Å². The molecule has 4 aromatic rings. The van der Waals surface area contributed by atoms with Gasteiger partial charge in [-0.25, -0.2) is 0 Å². The summed E-state index contributed by atoms with van der Waals surface area (Å²) in [5.74, 6) is -0.382. The van der Waals surface area contributed by atoms with Gasteiger partial charge in [0.25, 0.3) is 5.91 Å². The zero-order valence-electron chi connectivity index (χ0n) is 21.5. The van der Waals surface area contributed by atoms with Crippen LogP contribution in [-0.4, -0.2) is 28.0 Å². The highest BCUT2D eigenvalue weighted by Gasteiger charge is 2.38. The molecule has 2 aromatic carbocycles. The summed E-state index contributed by atoms with van der Waals surface area (Å²) in [5, 5.41) is 6.06. The molecular formula is C28H25F3N4O4S. The summed E-state index contributed by atoms with van der Waals surface area (Å²) in [7, 11) is 0. The maximum atomic E-state index is 13.4. The molecule has 5 rings (SSSR count). The van der Waals surface area contributed by atoms with Crippen LogP contribution in [0.3, 0.4) is 0 Å². The summed E-state index contributed by atoms with van der Waals surface area (Å²) in [4.78, 5) is 27.3. The number of halogens is 3. The van der Waals surface area contributed by atoms with Crippen molar-refractivity contribution in [1.29, 1.82) is 0 Å². The highest BCUT2D eigenvalue weighted by atomic mass is 32.2. The number of carbonyl (C=O) groups is 1. The number of aromatic nitrogens is 2. The lowest BCUT2D eigenvalue weighted by Gasteiger charge is -2.26. The zero-order chi connectivity index (χ0) is 28.4. The highest BCUT2D eigenvalue weighted by Crippen LogP contribution is 2.41. The van der Waals surface area contributed by atoms with E-state index < -0.39 is 35.3 Å². The van der Waals surface area contributed by atoms with Crippen molar-refractivity contribution in [3.63, 3.8) is 0 Å². The summed E-state index contributed by atoms with van der Waals surface area (Å²) in [6.07, 6.45) is -3.39. The summed E-state index contributed by atoms with van der Waals surface area (Å²) in [5.41, 5.74) is 5.08. The first-order chi connectivity index (χ1) is 19.1. The Bertz CT molecular complexity index is 1590. The third kappa shape index (κ3) is 5.57. The number of fused-ring (bicyclic) bond motifs is 2. The predicted molar refractivity (Wildman–Crippen MR) is 143 cm³/mol. The van der Waals surface area contributed by atoms with Gasteiger partial charge in [-0.1, -0.05) is 53.7 Å². The first-order valence-corrected chi connectivity index (χ1v) is 13.3. The van der Waals surface area contributed by atoms with Crippen LogP contribution in [0.15, 0.2) is 81.1 Å². The van der Waals surface area contributed by atoms with Crippen LogP contribution < -0.4 is 20.9 Å². The second-order valence-electron chi connectivity index (χ2n) is 9.23. The van der Waals surface area contributed by atoms with Gasteiger partial charge < -0.3 is 20.0 Å². The van der Waals surface area contributed by atoms with E-state index in [9.17, 15) is 22.8 Å². The van der Waals surface area contributed by atoms with E-state index in [-0.39, 0.29) is 12.4 Å². The summed E-state index contributed by atoms with van der Waals surface area (Å²) >= 11 is 1.55. The highest BCUT2D eigenvalue weighted by molar-refractivity contribution is 7.98. The Balaban J connectivity index is 1.61. The SMILES string of the molecule is Cc1noc2c1C(Nn1ccc(=O)c(OCc3ccccc3)c1C(=O)N[C@H](C)C(F)(F)F)c1ccccc1SC2. The zero-order valence-corrected chi connectivity index (χ0v) is 22.3. The molecule has 2 atom stereocenters. The van der Waals surface area contributed by atoms with Crippen LogP contribution in [0.1, 0.15) is 51.6 Å². The van der Waals surface area contributed by atoms with Gasteiger partial charge in [0.15, 0.2) is 17.2 Å². The molecule has 1 aliphatic heterocycles. The molecule has 0 aliphatic carbocycles. The number of benzene rings is 2. The van der Waals surface area contributed by atoms with Crippen LogP contribution in [-0.2, 0) is 12.4 Å². The second-order valence-corrected chi connectivity index (χ2v) is 10.2. The van der Waals surface area contributed by atoms with Crippen molar-refractivity contribution >= 4 is 17.7 Å². The van der Waals surface area contributed by atoms with Gasteiger partial charge in [0, 0.05) is 22.7 Å². The molecule has 12 heteroatoms. The number of carbonyl (C=O) groups excluding carboxylic acids is 1. The molecule has 1 amide bonds. The minimum absolute atomic E-state index is 0.0764. The van der Waals surface area contributed by atoms with Gasteiger partial charge in [-0.15, -0.1) is 11.8 Å². The van der Waals surface area contributed by atoms with Gasteiger partial charge in [-0.3, -0.25) is 14.3 Å². The Kier molecular flexibility index (Phi) is 7.61. The molecule has 3 heterocycles. The first-order valence-electron chi connectivity index (χ1n) is 12.4. The maximum absolute atomic E-state index is 13.4. The largest absolute Gasteiger partial charge is 0.482 e. The van der Waals surface area contributed by atoms with Crippen molar-refractivity contribution in [2.75, 3.05) is 5.43 Å². The molecule has 0 fully saturated rings. The smallest absolute Gasteiger partial charge is 0.408 e. The van der Waals surface area contributed by atoms with E-state index in [1.54, 1.807) is 43.0 Å². The van der Waals surface area contributed by atoms with Crippen molar-refractivity contribution in [2.24, 2.45) is 0 Å². The molecule has 0 saturated heterocycles. The Morgan fingerprint density at radius 2 is 1.90 bits per heavy atom. The number of nitrogens with one attached hydrogen (secondary N) is 2. The quantitative estimate of drug-likeness (QED) is 0.309. The van der Waals surface area contributed by atoms with Crippen LogP contribution in [0.25, 0.3) is 0 Å². The molecule has 2 N–H and O–H groups in total. The number of amides is 1. The van der Waals surface area contributed by atoms with E-state index in [4.69, 9.17) is 9.26 Å². The van der Waals surface area contributed by atoms with Gasteiger partial charge in [-0.2, -0.15) is 13.2 Å². The summed E-state index contributed by atoms with van der Waals surface area (Å²) < 4.78 is 52.7. The monoisotopic (exact) mass is 570 g/mol. The van der Waals surface area contributed by atoms with Crippen molar-refractivity contribution in [2.45, 2.75) is 49.4 Å². The number of hydrogen-bond donors (Lipinski definition) is 2. The molecule has 8 nitrogen and oxygen atoms in total. The molecular weight excluding hydrogens is 545 g/mol. The molecule has 0 saturated carbocycles. The Hall–Kier alpha value is -4.19. The van der Waals surface area contributed by atoms with Crippen molar-refractivity contribution in [3.05, 3.63) is 111 Å². The fourth-order valence-corrected chi connectivity index (χ4v) is 5.40. The van der Waals surface area contributed by atoms with Crippen molar-refractivity contribution in [1.82, 2.24) is 15.1 Å². The molecule has 2 aromatic heterocycles.